The summed E-state index contributed by atoms with van der Waals surface area (Å²) in [6.45, 7) is 7.80. The zero-order valence-electron chi connectivity index (χ0n) is 18.9. The van der Waals surface area contributed by atoms with E-state index in [1.54, 1.807) is 19.1 Å². The lowest BCUT2D eigenvalue weighted by Gasteiger charge is -2.58. The second kappa shape index (κ2) is 7.38. The maximum Gasteiger partial charge on any atom is 0.306 e. The van der Waals surface area contributed by atoms with Crippen LogP contribution >= 0.6 is 0 Å². The van der Waals surface area contributed by atoms with Crippen molar-refractivity contribution in [2.24, 2.45) is 34.5 Å². The van der Waals surface area contributed by atoms with Crippen molar-refractivity contribution in [2.45, 2.75) is 78.1 Å². The Hall–Kier alpha value is -1.79. The number of allylic oxidation sites excluding steroid dienone is 4. The molecule has 6 nitrogen and oxygen atoms in total. The van der Waals surface area contributed by atoms with Crippen molar-refractivity contribution in [1.29, 1.82) is 0 Å². The standard InChI is InChI=1S/C25H34O6/c1-5-20(27)31-25(21(28)22(29)30)14(2)12-19-17-7-6-15-13-16(26)8-10-23(15,3)18(17)9-11-24(19,25)4/h8,10,13-14,17-19,22,29-30H,5-7,9,11-12H2,1-4H3/t14?,17-,18+,19+,23+,24+,25+/m1/s1. The number of aliphatic hydroxyl groups is 2. The topological polar surface area (TPSA) is 101 Å². The zero-order valence-corrected chi connectivity index (χ0v) is 18.9. The first-order valence-electron chi connectivity index (χ1n) is 11.6. The van der Waals surface area contributed by atoms with Crippen LogP contribution in [0.5, 0.6) is 0 Å². The number of esters is 1. The van der Waals surface area contributed by atoms with Gasteiger partial charge in [-0.15, -0.1) is 0 Å². The Balaban J connectivity index is 1.76. The van der Waals surface area contributed by atoms with Gasteiger partial charge in [0, 0.05) is 23.2 Å². The molecule has 4 aliphatic carbocycles. The predicted octanol–water partition coefficient (Wildman–Crippen LogP) is 3.11. The molecule has 0 aromatic heterocycles. The van der Waals surface area contributed by atoms with E-state index < -0.39 is 29.1 Å². The van der Waals surface area contributed by atoms with Crippen LogP contribution in [0.3, 0.4) is 0 Å². The lowest BCUT2D eigenvalue weighted by molar-refractivity contribution is -0.207. The normalized spacial score (nSPS) is 43.7. The maximum atomic E-state index is 13.2. The van der Waals surface area contributed by atoms with Crippen LogP contribution in [0.15, 0.2) is 23.8 Å². The van der Waals surface area contributed by atoms with Gasteiger partial charge in [-0.2, -0.15) is 0 Å². The van der Waals surface area contributed by atoms with E-state index >= 15 is 0 Å². The van der Waals surface area contributed by atoms with Crippen LogP contribution in [0.4, 0.5) is 0 Å². The lowest BCUT2D eigenvalue weighted by Crippen LogP contribution is -2.62. The average molecular weight is 431 g/mol. The Kier molecular flexibility index (Phi) is 5.33. The monoisotopic (exact) mass is 430 g/mol. The van der Waals surface area contributed by atoms with Crippen molar-refractivity contribution in [2.75, 3.05) is 0 Å². The molecule has 7 atom stereocenters. The molecule has 3 saturated carbocycles. The van der Waals surface area contributed by atoms with Gasteiger partial charge < -0.3 is 14.9 Å². The molecule has 0 aliphatic heterocycles. The number of fused-ring (bicyclic) bond motifs is 5. The van der Waals surface area contributed by atoms with Gasteiger partial charge in [-0.25, -0.2) is 0 Å². The summed E-state index contributed by atoms with van der Waals surface area (Å²) in [6, 6.07) is 0. The molecule has 0 radical (unpaired) electrons. The summed E-state index contributed by atoms with van der Waals surface area (Å²) in [6.07, 6.45) is 7.44. The summed E-state index contributed by atoms with van der Waals surface area (Å²) < 4.78 is 5.90. The summed E-state index contributed by atoms with van der Waals surface area (Å²) >= 11 is 0. The van der Waals surface area contributed by atoms with E-state index in [0.29, 0.717) is 24.7 Å². The molecule has 0 aromatic carbocycles. The van der Waals surface area contributed by atoms with Gasteiger partial charge in [0.2, 0.25) is 12.1 Å². The van der Waals surface area contributed by atoms with Gasteiger partial charge >= 0.3 is 5.97 Å². The number of Topliss-reactive ketones (excluding diaryl/α,β-unsaturated/α-hetero) is 1. The zero-order chi connectivity index (χ0) is 22.8. The van der Waals surface area contributed by atoms with E-state index in [-0.39, 0.29) is 29.5 Å². The highest BCUT2D eigenvalue weighted by Crippen LogP contribution is 2.69. The van der Waals surface area contributed by atoms with Gasteiger partial charge in [0.1, 0.15) is 0 Å². The Bertz CT molecular complexity index is 871. The fourth-order valence-electron chi connectivity index (χ4n) is 7.76. The number of hydrogen-bond donors (Lipinski definition) is 2. The van der Waals surface area contributed by atoms with Crippen molar-refractivity contribution in [3.8, 4) is 0 Å². The second-order valence-electron chi connectivity index (χ2n) is 10.5. The minimum absolute atomic E-state index is 0.0501. The number of aliphatic hydroxyl groups excluding tert-OH is 1. The van der Waals surface area contributed by atoms with Crippen molar-refractivity contribution >= 4 is 17.5 Å². The summed E-state index contributed by atoms with van der Waals surface area (Å²) in [5.41, 5.74) is -1.17. The highest BCUT2D eigenvalue weighted by atomic mass is 16.6. The highest BCUT2D eigenvalue weighted by Gasteiger charge is 2.72. The number of ether oxygens (including phenoxy) is 1. The largest absolute Gasteiger partial charge is 0.450 e. The minimum Gasteiger partial charge on any atom is -0.450 e. The quantitative estimate of drug-likeness (QED) is 0.525. The predicted molar refractivity (Wildman–Crippen MR) is 114 cm³/mol. The van der Waals surface area contributed by atoms with E-state index in [0.717, 1.165) is 19.3 Å². The molecule has 0 saturated heterocycles. The molecule has 0 heterocycles. The molecule has 4 aliphatic rings. The Labute approximate surface area is 183 Å². The number of rotatable bonds is 4. The lowest BCUT2D eigenvalue weighted by atomic mass is 9.47. The molecular weight excluding hydrogens is 396 g/mol. The number of carbonyl (C=O) groups is 3. The molecule has 2 N–H and O–H groups in total. The molecule has 170 valence electrons. The molecule has 0 spiro atoms. The van der Waals surface area contributed by atoms with Gasteiger partial charge in [0.05, 0.1) is 0 Å². The fourth-order valence-corrected chi connectivity index (χ4v) is 7.76. The van der Waals surface area contributed by atoms with E-state index in [4.69, 9.17) is 4.74 Å². The Morgan fingerprint density at radius 2 is 1.94 bits per heavy atom. The number of carbonyl (C=O) groups excluding carboxylic acids is 3. The summed E-state index contributed by atoms with van der Waals surface area (Å²) in [5, 5.41) is 19.7. The van der Waals surface area contributed by atoms with Crippen LogP contribution in [0.2, 0.25) is 0 Å². The molecule has 0 bridgehead atoms. The molecule has 1 unspecified atom stereocenters. The SMILES string of the molecule is CCC(=O)O[C@]1(C(=O)C(O)O)C(C)C[C@H]2[C@@H]3CCC4=CC(=O)C=C[C@]4(C)[C@H]3CC[C@@]21C. The van der Waals surface area contributed by atoms with Gasteiger partial charge in [-0.1, -0.05) is 39.3 Å². The first-order chi connectivity index (χ1) is 14.5. The highest BCUT2D eigenvalue weighted by molar-refractivity contribution is 6.01. The third-order valence-corrected chi connectivity index (χ3v) is 9.26. The van der Waals surface area contributed by atoms with Crippen LogP contribution < -0.4 is 0 Å². The van der Waals surface area contributed by atoms with Crippen molar-refractivity contribution in [1.82, 2.24) is 0 Å². The second-order valence-corrected chi connectivity index (χ2v) is 10.5. The van der Waals surface area contributed by atoms with Gasteiger partial charge in [0.25, 0.3) is 0 Å². The van der Waals surface area contributed by atoms with Crippen LogP contribution in [-0.2, 0) is 19.1 Å². The smallest absolute Gasteiger partial charge is 0.306 e. The van der Waals surface area contributed by atoms with E-state index in [9.17, 15) is 24.6 Å². The van der Waals surface area contributed by atoms with Crippen molar-refractivity contribution in [3.05, 3.63) is 23.8 Å². The average Bonchev–Trinajstić information content (AvgIpc) is 2.95. The molecule has 4 rings (SSSR count). The molecule has 31 heavy (non-hydrogen) atoms. The summed E-state index contributed by atoms with van der Waals surface area (Å²) in [7, 11) is 0. The Morgan fingerprint density at radius 1 is 1.23 bits per heavy atom. The molecule has 0 amide bonds. The third-order valence-electron chi connectivity index (χ3n) is 9.26. The minimum atomic E-state index is -2.17. The van der Waals surface area contributed by atoms with Gasteiger partial charge in [-0.3, -0.25) is 14.4 Å². The summed E-state index contributed by atoms with van der Waals surface area (Å²) in [5.74, 6) is -0.761. The third kappa shape index (κ3) is 2.94. The molecule has 3 fully saturated rings. The summed E-state index contributed by atoms with van der Waals surface area (Å²) in [4.78, 5) is 37.6. The Morgan fingerprint density at radius 3 is 2.58 bits per heavy atom. The van der Waals surface area contributed by atoms with Crippen LogP contribution in [0.1, 0.15) is 66.2 Å². The van der Waals surface area contributed by atoms with Gasteiger partial charge in [0.15, 0.2) is 11.4 Å². The van der Waals surface area contributed by atoms with Crippen LogP contribution in [0, 0.1) is 34.5 Å². The molecule has 0 aromatic rings. The first-order valence-corrected chi connectivity index (χ1v) is 11.6. The van der Waals surface area contributed by atoms with E-state index in [1.807, 2.05) is 13.8 Å². The number of ketones is 2. The fraction of sp³-hybridized carbons (Fsp3) is 0.720. The molecular formula is C25H34O6. The number of hydrogen-bond acceptors (Lipinski definition) is 6. The van der Waals surface area contributed by atoms with E-state index in [2.05, 4.69) is 13.0 Å². The van der Waals surface area contributed by atoms with Crippen LogP contribution in [0.25, 0.3) is 0 Å². The van der Waals surface area contributed by atoms with Gasteiger partial charge in [-0.05, 0) is 62.0 Å². The molecule has 6 heteroatoms. The van der Waals surface area contributed by atoms with Crippen LogP contribution in [-0.4, -0.2) is 39.6 Å². The van der Waals surface area contributed by atoms with E-state index in [1.165, 1.54) is 5.57 Å². The van der Waals surface area contributed by atoms with Crippen molar-refractivity contribution < 1.29 is 29.3 Å². The van der Waals surface area contributed by atoms with Crippen molar-refractivity contribution in [3.63, 3.8) is 0 Å². The first kappa shape index (κ1) is 22.4. The maximum absolute atomic E-state index is 13.2.